The lowest BCUT2D eigenvalue weighted by molar-refractivity contribution is -0.117. The molecule has 2 aliphatic heterocycles. The second-order valence-electron chi connectivity index (χ2n) is 5.18. The van der Waals surface area contributed by atoms with Gasteiger partial charge in [-0.3, -0.25) is 9.59 Å². The lowest BCUT2D eigenvalue weighted by Crippen LogP contribution is -2.31. The highest BCUT2D eigenvalue weighted by Gasteiger charge is 2.32. The SMILES string of the molecule is O=C(CCCCl)c1cc2c3c(c1)CC(=O)N3CCC2. The van der Waals surface area contributed by atoms with Crippen molar-refractivity contribution < 1.29 is 9.59 Å². The Kier molecular flexibility index (Phi) is 3.31. The highest BCUT2D eigenvalue weighted by molar-refractivity contribution is 6.18. The third kappa shape index (κ3) is 2.16. The average Bonchev–Trinajstić information content (AvgIpc) is 2.74. The summed E-state index contributed by atoms with van der Waals surface area (Å²) in [6, 6.07) is 3.87. The fourth-order valence-corrected chi connectivity index (χ4v) is 3.15. The second-order valence-corrected chi connectivity index (χ2v) is 5.56. The largest absolute Gasteiger partial charge is 0.312 e. The van der Waals surface area contributed by atoms with Gasteiger partial charge < -0.3 is 4.90 Å². The second kappa shape index (κ2) is 4.97. The number of aryl methyl sites for hydroxylation is 1. The summed E-state index contributed by atoms with van der Waals surface area (Å²) in [7, 11) is 0. The minimum atomic E-state index is 0.135. The standard InChI is InChI=1S/C15H16ClNO2/c16-5-1-4-13(18)11-7-10-3-2-6-17-14(19)9-12(8-11)15(10)17/h7-8H,1-6,9H2. The molecule has 0 bridgehead atoms. The number of alkyl halides is 1. The predicted molar refractivity (Wildman–Crippen MR) is 75.1 cm³/mol. The highest BCUT2D eigenvalue weighted by Crippen LogP contribution is 2.37. The van der Waals surface area contributed by atoms with Gasteiger partial charge in [-0.15, -0.1) is 11.6 Å². The molecule has 100 valence electrons. The first-order valence-corrected chi connectivity index (χ1v) is 7.29. The monoisotopic (exact) mass is 277 g/mol. The molecule has 1 aromatic rings. The van der Waals surface area contributed by atoms with Crippen LogP contribution in [0.4, 0.5) is 5.69 Å². The molecule has 2 heterocycles. The number of hydrogen-bond donors (Lipinski definition) is 0. The third-order valence-electron chi connectivity index (χ3n) is 3.87. The number of nitrogens with zero attached hydrogens (tertiary/aromatic N) is 1. The van der Waals surface area contributed by atoms with Gasteiger partial charge in [0.05, 0.1) is 12.1 Å². The smallest absolute Gasteiger partial charge is 0.231 e. The van der Waals surface area contributed by atoms with E-state index < -0.39 is 0 Å². The van der Waals surface area contributed by atoms with Crippen LogP contribution in [0.2, 0.25) is 0 Å². The summed E-state index contributed by atoms with van der Waals surface area (Å²) < 4.78 is 0. The van der Waals surface area contributed by atoms with Gasteiger partial charge in [-0.25, -0.2) is 0 Å². The van der Waals surface area contributed by atoms with E-state index in [4.69, 9.17) is 11.6 Å². The molecule has 0 saturated heterocycles. The van der Waals surface area contributed by atoms with Crippen molar-refractivity contribution in [3.05, 3.63) is 28.8 Å². The van der Waals surface area contributed by atoms with Crippen molar-refractivity contribution in [1.29, 1.82) is 0 Å². The van der Waals surface area contributed by atoms with Gasteiger partial charge in [-0.1, -0.05) is 0 Å². The van der Waals surface area contributed by atoms with Crippen LogP contribution in [-0.2, 0) is 17.6 Å². The van der Waals surface area contributed by atoms with Gasteiger partial charge in [0.1, 0.15) is 0 Å². The average molecular weight is 278 g/mol. The first kappa shape index (κ1) is 12.7. The molecule has 19 heavy (non-hydrogen) atoms. The number of ketones is 1. The maximum atomic E-state index is 12.1. The zero-order valence-electron chi connectivity index (χ0n) is 10.7. The van der Waals surface area contributed by atoms with E-state index in [1.165, 1.54) is 0 Å². The number of rotatable bonds is 4. The molecular weight excluding hydrogens is 262 g/mol. The number of hydrogen-bond acceptors (Lipinski definition) is 2. The summed E-state index contributed by atoms with van der Waals surface area (Å²) in [6.45, 7) is 0.818. The predicted octanol–water partition coefficient (Wildman–Crippen LogP) is 2.72. The van der Waals surface area contributed by atoms with Gasteiger partial charge in [0.15, 0.2) is 5.78 Å². The van der Waals surface area contributed by atoms with Crippen LogP contribution in [0.25, 0.3) is 0 Å². The summed E-state index contributed by atoms with van der Waals surface area (Å²) in [5, 5.41) is 0. The number of carbonyl (C=O) groups excluding carboxylic acids is 2. The molecule has 0 radical (unpaired) electrons. The Bertz CT molecular complexity index is 553. The van der Waals surface area contributed by atoms with Gasteiger partial charge in [0.2, 0.25) is 5.91 Å². The van der Waals surface area contributed by atoms with Crippen molar-refractivity contribution in [3.8, 4) is 0 Å². The zero-order valence-corrected chi connectivity index (χ0v) is 11.5. The van der Waals surface area contributed by atoms with E-state index in [9.17, 15) is 9.59 Å². The topological polar surface area (TPSA) is 37.4 Å². The normalized spacial score (nSPS) is 16.7. The highest BCUT2D eigenvalue weighted by atomic mass is 35.5. The maximum Gasteiger partial charge on any atom is 0.231 e. The number of halogens is 1. The quantitative estimate of drug-likeness (QED) is 0.627. The Balaban J connectivity index is 1.96. The molecule has 0 unspecified atom stereocenters. The lowest BCUT2D eigenvalue weighted by atomic mass is 9.94. The molecule has 0 aliphatic carbocycles. The summed E-state index contributed by atoms with van der Waals surface area (Å²) >= 11 is 5.63. The van der Waals surface area contributed by atoms with Crippen LogP contribution in [0.1, 0.15) is 40.7 Å². The number of benzene rings is 1. The first-order valence-electron chi connectivity index (χ1n) is 6.76. The molecule has 0 spiro atoms. The minimum absolute atomic E-state index is 0.135. The summed E-state index contributed by atoms with van der Waals surface area (Å²) in [5.41, 5.74) is 4.00. The fourth-order valence-electron chi connectivity index (χ4n) is 3.01. The molecule has 0 saturated carbocycles. The molecular formula is C15H16ClNO2. The minimum Gasteiger partial charge on any atom is -0.312 e. The molecule has 0 fully saturated rings. The van der Waals surface area contributed by atoms with E-state index >= 15 is 0 Å². The molecule has 4 heteroatoms. The van der Waals surface area contributed by atoms with E-state index in [0.29, 0.717) is 25.1 Å². The molecule has 0 N–H and O–H groups in total. The number of Topliss-reactive ketones (excluding diaryl/α,β-unsaturated/α-hetero) is 1. The number of amides is 1. The van der Waals surface area contributed by atoms with Crippen LogP contribution in [-0.4, -0.2) is 24.1 Å². The first-order chi connectivity index (χ1) is 9.20. The van der Waals surface area contributed by atoms with Crippen molar-refractivity contribution >= 4 is 29.0 Å². The number of carbonyl (C=O) groups is 2. The van der Waals surface area contributed by atoms with Gasteiger partial charge in [0, 0.05) is 24.4 Å². The van der Waals surface area contributed by atoms with Crippen molar-refractivity contribution in [2.24, 2.45) is 0 Å². The van der Waals surface area contributed by atoms with Crippen molar-refractivity contribution in [2.45, 2.75) is 32.1 Å². The van der Waals surface area contributed by atoms with Crippen molar-refractivity contribution in [2.75, 3.05) is 17.3 Å². The van der Waals surface area contributed by atoms with Crippen LogP contribution in [0.5, 0.6) is 0 Å². The molecule has 0 aromatic heterocycles. The Morgan fingerprint density at radius 2 is 2.11 bits per heavy atom. The van der Waals surface area contributed by atoms with Crippen LogP contribution in [0.3, 0.4) is 0 Å². The van der Waals surface area contributed by atoms with Gasteiger partial charge in [-0.05, 0) is 42.5 Å². The van der Waals surface area contributed by atoms with E-state index in [2.05, 4.69) is 0 Å². The van der Waals surface area contributed by atoms with E-state index in [0.717, 1.165) is 41.8 Å². The number of anilines is 1. The molecule has 1 amide bonds. The van der Waals surface area contributed by atoms with E-state index in [-0.39, 0.29) is 11.7 Å². The van der Waals surface area contributed by atoms with Crippen molar-refractivity contribution in [1.82, 2.24) is 0 Å². The van der Waals surface area contributed by atoms with Gasteiger partial charge >= 0.3 is 0 Å². The molecule has 0 atom stereocenters. The molecule has 1 aromatic carbocycles. The lowest BCUT2D eigenvalue weighted by Gasteiger charge is -2.25. The summed E-state index contributed by atoms with van der Waals surface area (Å²) in [6.07, 6.45) is 3.58. The molecule has 3 rings (SSSR count). The zero-order chi connectivity index (χ0) is 13.4. The Hall–Kier alpha value is -1.35. The Morgan fingerprint density at radius 3 is 2.89 bits per heavy atom. The van der Waals surface area contributed by atoms with Gasteiger partial charge in [-0.2, -0.15) is 0 Å². The Morgan fingerprint density at radius 1 is 1.32 bits per heavy atom. The van der Waals surface area contributed by atoms with E-state index in [1.54, 1.807) is 0 Å². The fraction of sp³-hybridized carbons (Fsp3) is 0.467. The third-order valence-corrected chi connectivity index (χ3v) is 4.13. The van der Waals surface area contributed by atoms with Crippen LogP contribution in [0.15, 0.2) is 12.1 Å². The molecule has 3 nitrogen and oxygen atoms in total. The summed E-state index contributed by atoms with van der Waals surface area (Å²) in [5.74, 6) is 0.813. The van der Waals surface area contributed by atoms with Crippen LogP contribution in [0, 0.1) is 0 Å². The van der Waals surface area contributed by atoms with E-state index in [1.807, 2.05) is 17.0 Å². The van der Waals surface area contributed by atoms with Crippen LogP contribution < -0.4 is 4.90 Å². The molecule has 2 aliphatic rings. The van der Waals surface area contributed by atoms with Crippen molar-refractivity contribution in [3.63, 3.8) is 0 Å². The van der Waals surface area contributed by atoms with Gasteiger partial charge in [0.25, 0.3) is 0 Å². The maximum absolute atomic E-state index is 12.1. The summed E-state index contributed by atoms with van der Waals surface area (Å²) in [4.78, 5) is 25.9. The van der Waals surface area contributed by atoms with Crippen LogP contribution >= 0.6 is 11.6 Å². The Labute approximate surface area is 117 Å².